The first-order valence-electron chi connectivity index (χ1n) is 4.50. The van der Waals surface area contributed by atoms with Crippen LogP contribution in [0.3, 0.4) is 0 Å². The third kappa shape index (κ3) is 1.99. The predicted octanol–water partition coefficient (Wildman–Crippen LogP) is 0.641. The molecular weight excluding hydrogens is 168 g/mol. The summed E-state index contributed by atoms with van der Waals surface area (Å²) in [7, 11) is 3.39. The van der Waals surface area contributed by atoms with Crippen LogP contribution in [-0.4, -0.2) is 32.6 Å². The van der Waals surface area contributed by atoms with E-state index in [1.54, 1.807) is 14.2 Å². The minimum absolute atomic E-state index is 0.0394. The van der Waals surface area contributed by atoms with Crippen molar-refractivity contribution < 1.29 is 9.47 Å². The van der Waals surface area contributed by atoms with Crippen molar-refractivity contribution in [1.29, 1.82) is 5.26 Å². The smallest absolute Gasteiger partial charge is 0.146 e. The van der Waals surface area contributed by atoms with E-state index < -0.39 is 5.54 Å². The van der Waals surface area contributed by atoms with E-state index in [1.165, 1.54) is 0 Å². The first kappa shape index (κ1) is 10.5. The number of nitrogens with one attached hydrogen (secondary N) is 1. The number of methoxy groups -OCH3 is 1. The molecule has 2 atom stereocenters. The number of hydrogen-bond acceptors (Lipinski definition) is 4. The van der Waals surface area contributed by atoms with Crippen molar-refractivity contribution in [3.05, 3.63) is 0 Å². The molecule has 0 radical (unpaired) electrons. The number of nitrogens with zero attached hydrogens (tertiary/aromatic N) is 1. The van der Waals surface area contributed by atoms with Gasteiger partial charge in [0.1, 0.15) is 12.3 Å². The molecular formula is C9H16N2O2. The summed E-state index contributed by atoms with van der Waals surface area (Å²) < 4.78 is 10.3. The standard InChI is InChI=1S/C9H16N2O2/c1-11-9(6-10)5-3-4-8(9)13-7-12-2/h8,11H,3-5,7H2,1-2H3/t8-,9+/m1/s1. The topological polar surface area (TPSA) is 54.3 Å². The highest BCUT2D eigenvalue weighted by molar-refractivity contribution is 5.14. The maximum Gasteiger partial charge on any atom is 0.146 e. The van der Waals surface area contributed by atoms with Gasteiger partial charge in [-0.25, -0.2) is 0 Å². The Morgan fingerprint density at radius 1 is 1.69 bits per heavy atom. The van der Waals surface area contributed by atoms with Gasteiger partial charge in [-0.2, -0.15) is 5.26 Å². The van der Waals surface area contributed by atoms with E-state index in [1.807, 2.05) is 0 Å². The van der Waals surface area contributed by atoms with Gasteiger partial charge in [0.2, 0.25) is 0 Å². The summed E-state index contributed by atoms with van der Waals surface area (Å²) in [5, 5.41) is 12.1. The maximum absolute atomic E-state index is 9.05. The summed E-state index contributed by atoms with van der Waals surface area (Å²) in [4.78, 5) is 0. The summed E-state index contributed by atoms with van der Waals surface area (Å²) in [6.07, 6.45) is 2.78. The van der Waals surface area contributed by atoms with E-state index >= 15 is 0 Å². The number of ether oxygens (including phenoxy) is 2. The molecule has 0 aromatic rings. The van der Waals surface area contributed by atoms with Crippen LogP contribution in [0, 0.1) is 11.3 Å². The van der Waals surface area contributed by atoms with Crippen LogP contribution in [0.2, 0.25) is 0 Å². The quantitative estimate of drug-likeness (QED) is 0.651. The van der Waals surface area contributed by atoms with Crippen molar-refractivity contribution in [3.63, 3.8) is 0 Å². The Balaban J connectivity index is 2.57. The highest BCUT2D eigenvalue weighted by Crippen LogP contribution is 2.31. The van der Waals surface area contributed by atoms with Crippen LogP contribution in [0.15, 0.2) is 0 Å². The number of rotatable bonds is 4. The fourth-order valence-corrected chi connectivity index (χ4v) is 1.82. The second-order valence-electron chi connectivity index (χ2n) is 3.29. The van der Waals surface area contributed by atoms with E-state index in [9.17, 15) is 0 Å². The lowest BCUT2D eigenvalue weighted by Gasteiger charge is -2.27. The van der Waals surface area contributed by atoms with Crippen LogP contribution in [0.4, 0.5) is 0 Å². The molecule has 0 saturated heterocycles. The number of nitriles is 1. The van der Waals surface area contributed by atoms with Crippen molar-refractivity contribution in [3.8, 4) is 6.07 Å². The van der Waals surface area contributed by atoms with Crippen molar-refractivity contribution in [1.82, 2.24) is 5.32 Å². The lowest BCUT2D eigenvalue weighted by molar-refractivity contribution is -0.0851. The van der Waals surface area contributed by atoms with E-state index in [2.05, 4.69) is 11.4 Å². The van der Waals surface area contributed by atoms with Crippen LogP contribution in [0.25, 0.3) is 0 Å². The average Bonchev–Trinajstić information content (AvgIpc) is 2.58. The molecule has 0 aromatic carbocycles. The molecule has 1 fully saturated rings. The molecule has 0 bridgehead atoms. The Kier molecular flexibility index (Phi) is 3.67. The minimum Gasteiger partial charge on any atom is -0.359 e. The van der Waals surface area contributed by atoms with E-state index in [-0.39, 0.29) is 12.9 Å². The molecule has 1 saturated carbocycles. The van der Waals surface area contributed by atoms with E-state index in [0.29, 0.717) is 0 Å². The highest BCUT2D eigenvalue weighted by Gasteiger charge is 2.42. The zero-order valence-electron chi connectivity index (χ0n) is 8.17. The molecule has 1 rings (SSSR count). The van der Waals surface area contributed by atoms with Gasteiger partial charge >= 0.3 is 0 Å². The first-order chi connectivity index (χ1) is 6.29. The molecule has 0 aliphatic heterocycles. The fraction of sp³-hybridized carbons (Fsp3) is 0.889. The molecule has 0 spiro atoms. The van der Waals surface area contributed by atoms with Gasteiger partial charge in [0.15, 0.2) is 0 Å². The van der Waals surface area contributed by atoms with Gasteiger partial charge in [-0.15, -0.1) is 0 Å². The van der Waals surface area contributed by atoms with Crippen molar-refractivity contribution >= 4 is 0 Å². The second kappa shape index (κ2) is 4.56. The van der Waals surface area contributed by atoms with Gasteiger partial charge in [-0.05, 0) is 26.3 Å². The fourth-order valence-electron chi connectivity index (χ4n) is 1.82. The molecule has 0 amide bonds. The zero-order valence-corrected chi connectivity index (χ0v) is 8.17. The lowest BCUT2D eigenvalue weighted by Crippen LogP contribution is -2.49. The van der Waals surface area contributed by atoms with E-state index in [0.717, 1.165) is 19.3 Å². The average molecular weight is 184 g/mol. The predicted molar refractivity (Wildman–Crippen MR) is 48.0 cm³/mol. The molecule has 4 heteroatoms. The van der Waals surface area contributed by atoms with E-state index in [4.69, 9.17) is 14.7 Å². The summed E-state index contributed by atoms with van der Waals surface area (Å²) in [5.41, 5.74) is -0.501. The highest BCUT2D eigenvalue weighted by atomic mass is 16.7. The molecule has 4 nitrogen and oxygen atoms in total. The molecule has 1 aliphatic rings. The molecule has 0 aromatic heterocycles. The molecule has 1 N–H and O–H groups in total. The first-order valence-corrected chi connectivity index (χ1v) is 4.50. The zero-order chi connectivity index (χ0) is 9.73. The van der Waals surface area contributed by atoms with Gasteiger partial charge < -0.3 is 14.8 Å². The third-order valence-corrected chi connectivity index (χ3v) is 2.62. The second-order valence-corrected chi connectivity index (χ2v) is 3.29. The Bertz CT molecular complexity index is 202. The molecule has 13 heavy (non-hydrogen) atoms. The lowest BCUT2D eigenvalue weighted by atomic mass is 9.97. The summed E-state index contributed by atoms with van der Waals surface area (Å²) >= 11 is 0. The van der Waals surface area contributed by atoms with Crippen LogP contribution < -0.4 is 5.32 Å². The maximum atomic E-state index is 9.05. The van der Waals surface area contributed by atoms with Crippen molar-refractivity contribution in [2.75, 3.05) is 21.0 Å². The van der Waals surface area contributed by atoms with Crippen molar-refractivity contribution in [2.24, 2.45) is 0 Å². The summed E-state index contributed by atoms with van der Waals surface area (Å²) in [6, 6.07) is 2.29. The van der Waals surface area contributed by atoms with Gasteiger partial charge in [-0.3, -0.25) is 0 Å². The summed E-state index contributed by atoms with van der Waals surface area (Å²) in [5.74, 6) is 0. The molecule has 0 heterocycles. The molecule has 74 valence electrons. The van der Waals surface area contributed by atoms with Gasteiger partial charge in [0.25, 0.3) is 0 Å². The van der Waals surface area contributed by atoms with Crippen LogP contribution >= 0.6 is 0 Å². The van der Waals surface area contributed by atoms with Gasteiger partial charge in [0.05, 0.1) is 12.2 Å². The Labute approximate surface area is 78.8 Å². The normalized spacial score (nSPS) is 33.2. The van der Waals surface area contributed by atoms with Crippen molar-refractivity contribution in [2.45, 2.75) is 30.9 Å². The third-order valence-electron chi connectivity index (χ3n) is 2.62. The largest absolute Gasteiger partial charge is 0.359 e. The Morgan fingerprint density at radius 2 is 2.46 bits per heavy atom. The van der Waals surface area contributed by atoms with Crippen LogP contribution in [0.5, 0.6) is 0 Å². The van der Waals surface area contributed by atoms with Crippen LogP contribution in [-0.2, 0) is 9.47 Å². The SMILES string of the molecule is CN[C@]1(C#N)CCC[C@H]1OCOC. The number of hydrogen-bond donors (Lipinski definition) is 1. The Hall–Kier alpha value is -0.630. The minimum atomic E-state index is -0.501. The van der Waals surface area contributed by atoms with Gasteiger partial charge in [0, 0.05) is 7.11 Å². The van der Waals surface area contributed by atoms with Crippen LogP contribution in [0.1, 0.15) is 19.3 Å². The molecule has 0 unspecified atom stereocenters. The number of likely N-dealkylation sites (N-methyl/N-ethyl adjacent to an activating group) is 1. The van der Waals surface area contributed by atoms with Gasteiger partial charge in [-0.1, -0.05) is 0 Å². The molecule has 1 aliphatic carbocycles. The Morgan fingerprint density at radius 3 is 3.00 bits per heavy atom. The monoisotopic (exact) mass is 184 g/mol. The summed E-state index contributed by atoms with van der Waals surface area (Å²) in [6.45, 7) is 0.260.